The van der Waals surface area contributed by atoms with E-state index in [0.29, 0.717) is 6.42 Å². The van der Waals surface area contributed by atoms with Crippen molar-refractivity contribution < 1.29 is 39.8 Å². The first kappa shape index (κ1) is 52.4. The number of carbonyl (C=O) groups excluding carboxylic acids is 1. The van der Waals surface area contributed by atoms with Crippen LogP contribution in [0.1, 0.15) is 200 Å². The lowest BCUT2D eigenvalue weighted by molar-refractivity contribution is -0.302. The third kappa shape index (κ3) is 27.9. The summed E-state index contributed by atoms with van der Waals surface area (Å²) >= 11 is 0. The molecule has 7 unspecified atom stereocenters. The molecule has 7 atom stereocenters. The van der Waals surface area contributed by atoms with Crippen LogP contribution in [-0.4, -0.2) is 87.5 Å². The lowest BCUT2D eigenvalue weighted by Gasteiger charge is -2.40. The Hall–Kier alpha value is -1.59. The summed E-state index contributed by atoms with van der Waals surface area (Å²) < 4.78 is 11.2. The fourth-order valence-electron chi connectivity index (χ4n) is 7.17. The van der Waals surface area contributed by atoms with Crippen molar-refractivity contribution in [2.24, 2.45) is 0 Å². The molecular formula is C47H87NO8. The van der Waals surface area contributed by atoms with Gasteiger partial charge in [-0.15, -0.1) is 0 Å². The van der Waals surface area contributed by atoms with E-state index < -0.39 is 49.5 Å². The number of unbranched alkanes of at least 4 members (excludes halogenated alkanes) is 24. The molecular weight excluding hydrogens is 707 g/mol. The molecule has 9 nitrogen and oxygen atoms in total. The van der Waals surface area contributed by atoms with Crippen LogP contribution in [0.3, 0.4) is 0 Å². The highest BCUT2D eigenvalue weighted by atomic mass is 16.7. The molecule has 1 aliphatic rings. The van der Waals surface area contributed by atoms with Gasteiger partial charge in [0.1, 0.15) is 24.4 Å². The number of rotatable bonds is 38. The molecule has 328 valence electrons. The average molecular weight is 794 g/mol. The first-order valence-electron chi connectivity index (χ1n) is 23.2. The maximum Gasteiger partial charge on any atom is 0.220 e. The van der Waals surface area contributed by atoms with Gasteiger partial charge < -0.3 is 40.3 Å². The Labute approximate surface area is 342 Å². The Bertz CT molecular complexity index is 972. The standard InChI is InChI=1S/C47H87NO8/c1-3-5-7-9-11-13-15-16-17-18-19-20-21-22-23-24-25-26-27-29-31-33-35-37-43(51)48-40(39-55-47-46(54)45(53)44(52)42(38-49)56-47)41(50)36-34-32-30-28-14-12-10-8-6-4-2/h14,22-23,28,34,36,40-42,44-47,49-50,52-54H,3-13,15-21,24-27,29-33,35,37-39H2,1-2H3,(H,48,51)/b23-22-,28-14+,36-34+. The van der Waals surface area contributed by atoms with Crippen molar-refractivity contribution in [2.45, 2.75) is 243 Å². The van der Waals surface area contributed by atoms with Gasteiger partial charge in [0, 0.05) is 6.42 Å². The number of amides is 1. The number of hydrogen-bond donors (Lipinski definition) is 6. The van der Waals surface area contributed by atoms with Crippen LogP contribution in [0, 0.1) is 0 Å². The predicted molar refractivity (Wildman–Crippen MR) is 230 cm³/mol. The van der Waals surface area contributed by atoms with Gasteiger partial charge in [-0.2, -0.15) is 0 Å². The van der Waals surface area contributed by atoms with Gasteiger partial charge in [0.15, 0.2) is 6.29 Å². The molecule has 0 aromatic heterocycles. The van der Waals surface area contributed by atoms with Gasteiger partial charge >= 0.3 is 0 Å². The third-order valence-electron chi connectivity index (χ3n) is 10.9. The molecule has 1 rings (SSSR count). The molecule has 0 aromatic rings. The number of carbonyl (C=O) groups is 1. The zero-order chi connectivity index (χ0) is 40.9. The topological polar surface area (TPSA) is 149 Å². The zero-order valence-electron chi connectivity index (χ0n) is 35.9. The molecule has 1 amide bonds. The molecule has 0 aliphatic carbocycles. The number of aliphatic hydroxyl groups is 5. The number of nitrogens with one attached hydrogen (secondary N) is 1. The van der Waals surface area contributed by atoms with E-state index in [-0.39, 0.29) is 12.5 Å². The summed E-state index contributed by atoms with van der Waals surface area (Å²) in [6.07, 6.45) is 39.2. The molecule has 1 aliphatic heterocycles. The van der Waals surface area contributed by atoms with Crippen molar-refractivity contribution >= 4 is 5.91 Å². The second-order valence-corrected chi connectivity index (χ2v) is 16.2. The van der Waals surface area contributed by atoms with Crippen LogP contribution >= 0.6 is 0 Å². The van der Waals surface area contributed by atoms with Crippen LogP contribution in [0.25, 0.3) is 0 Å². The minimum atomic E-state index is -1.57. The van der Waals surface area contributed by atoms with E-state index in [9.17, 15) is 30.3 Å². The number of aliphatic hydroxyl groups excluding tert-OH is 5. The van der Waals surface area contributed by atoms with Gasteiger partial charge in [-0.3, -0.25) is 4.79 Å². The van der Waals surface area contributed by atoms with Gasteiger partial charge in [0.2, 0.25) is 5.91 Å². The Morgan fingerprint density at radius 3 is 1.52 bits per heavy atom. The van der Waals surface area contributed by atoms with Gasteiger partial charge in [0.05, 0.1) is 25.4 Å². The van der Waals surface area contributed by atoms with E-state index >= 15 is 0 Å². The number of hydrogen-bond acceptors (Lipinski definition) is 8. The Kier molecular flexibility index (Phi) is 35.3. The van der Waals surface area contributed by atoms with Gasteiger partial charge in [-0.05, 0) is 57.8 Å². The van der Waals surface area contributed by atoms with Crippen molar-refractivity contribution in [3.05, 3.63) is 36.5 Å². The molecule has 0 radical (unpaired) electrons. The maximum atomic E-state index is 12.9. The summed E-state index contributed by atoms with van der Waals surface area (Å²) in [5.74, 6) is -0.193. The van der Waals surface area contributed by atoms with E-state index in [1.807, 2.05) is 6.08 Å². The summed E-state index contributed by atoms with van der Waals surface area (Å²) in [4.78, 5) is 12.9. The fraction of sp³-hybridized carbons (Fsp3) is 0.851. The Balaban J connectivity index is 2.27. The number of allylic oxidation sites excluding steroid dienone is 5. The molecule has 0 spiro atoms. The van der Waals surface area contributed by atoms with Crippen molar-refractivity contribution in [1.29, 1.82) is 0 Å². The normalized spacial score (nSPS) is 21.4. The largest absolute Gasteiger partial charge is 0.394 e. The Morgan fingerprint density at radius 2 is 1.02 bits per heavy atom. The van der Waals surface area contributed by atoms with Gasteiger partial charge in [-0.25, -0.2) is 0 Å². The molecule has 1 heterocycles. The molecule has 0 bridgehead atoms. The second kappa shape index (κ2) is 37.7. The average Bonchev–Trinajstić information content (AvgIpc) is 3.20. The van der Waals surface area contributed by atoms with Crippen molar-refractivity contribution in [1.82, 2.24) is 5.32 Å². The van der Waals surface area contributed by atoms with E-state index in [4.69, 9.17) is 9.47 Å². The quantitative estimate of drug-likeness (QED) is 0.0268. The highest BCUT2D eigenvalue weighted by Gasteiger charge is 2.44. The fourth-order valence-corrected chi connectivity index (χ4v) is 7.17. The molecule has 9 heteroatoms. The predicted octanol–water partition coefficient (Wildman–Crippen LogP) is 9.67. The molecule has 0 saturated carbocycles. The first-order chi connectivity index (χ1) is 27.3. The second-order valence-electron chi connectivity index (χ2n) is 16.2. The third-order valence-corrected chi connectivity index (χ3v) is 10.9. The van der Waals surface area contributed by atoms with Crippen LogP contribution in [0.5, 0.6) is 0 Å². The molecule has 1 fully saturated rings. The molecule has 1 saturated heterocycles. The highest BCUT2D eigenvalue weighted by Crippen LogP contribution is 2.22. The maximum absolute atomic E-state index is 12.9. The highest BCUT2D eigenvalue weighted by molar-refractivity contribution is 5.76. The van der Waals surface area contributed by atoms with Gasteiger partial charge in [-0.1, -0.05) is 172 Å². The van der Waals surface area contributed by atoms with Crippen LogP contribution in [0.4, 0.5) is 0 Å². The van der Waals surface area contributed by atoms with E-state index in [1.54, 1.807) is 6.08 Å². The van der Waals surface area contributed by atoms with Crippen LogP contribution in [0.2, 0.25) is 0 Å². The van der Waals surface area contributed by atoms with Crippen LogP contribution in [-0.2, 0) is 14.3 Å². The lowest BCUT2D eigenvalue weighted by atomic mass is 9.99. The minimum Gasteiger partial charge on any atom is -0.394 e. The summed E-state index contributed by atoms with van der Waals surface area (Å²) in [5, 5.41) is 54.0. The van der Waals surface area contributed by atoms with E-state index in [0.717, 1.165) is 51.4 Å². The summed E-state index contributed by atoms with van der Waals surface area (Å²) in [5.41, 5.74) is 0. The van der Waals surface area contributed by atoms with Crippen LogP contribution < -0.4 is 5.32 Å². The molecule has 6 N–H and O–H groups in total. The Morgan fingerprint density at radius 1 is 0.589 bits per heavy atom. The van der Waals surface area contributed by atoms with Gasteiger partial charge in [0.25, 0.3) is 0 Å². The molecule has 0 aromatic carbocycles. The number of ether oxygens (including phenoxy) is 2. The lowest BCUT2D eigenvalue weighted by Crippen LogP contribution is -2.60. The SMILES string of the molecule is CCCCCC/C=C/CC/C=C/C(O)C(COC1OC(CO)C(O)C(O)C1O)NC(=O)CCCCCCCCC/C=C\CCCCCCCCCCCCCC. The van der Waals surface area contributed by atoms with Crippen molar-refractivity contribution in [3.63, 3.8) is 0 Å². The minimum absolute atomic E-state index is 0.193. The van der Waals surface area contributed by atoms with Crippen molar-refractivity contribution in [3.8, 4) is 0 Å². The van der Waals surface area contributed by atoms with E-state index in [2.05, 4.69) is 43.5 Å². The zero-order valence-corrected chi connectivity index (χ0v) is 35.9. The van der Waals surface area contributed by atoms with Crippen LogP contribution in [0.15, 0.2) is 36.5 Å². The summed E-state index contributed by atoms with van der Waals surface area (Å²) in [6.45, 7) is 3.71. The van der Waals surface area contributed by atoms with E-state index in [1.165, 1.54) is 128 Å². The monoisotopic (exact) mass is 794 g/mol. The first-order valence-corrected chi connectivity index (χ1v) is 23.2. The molecule has 56 heavy (non-hydrogen) atoms. The smallest absolute Gasteiger partial charge is 0.220 e. The summed E-state index contributed by atoms with van der Waals surface area (Å²) in [7, 11) is 0. The van der Waals surface area contributed by atoms with Crippen molar-refractivity contribution in [2.75, 3.05) is 13.2 Å². The summed E-state index contributed by atoms with van der Waals surface area (Å²) in [6, 6.07) is -0.821.